The zero-order valence-corrected chi connectivity index (χ0v) is 12.1. The summed E-state index contributed by atoms with van der Waals surface area (Å²) >= 11 is 2.99. The summed E-state index contributed by atoms with van der Waals surface area (Å²) in [5.74, 6) is 0. The second kappa shape index (κ2) is 4.84. The molecule has 3 nitrogen and oxygen atoms in total. The highest BCUT2D eigenvalue weighted by atomic mass is 127. The van der Waals surface area contributed by atoms with Crippen LogP contribution >= 0.6 is 46.1 Å². The predicted molar refractivity (Wildman–Crippen MR) is 69.4 cm³/mol. The second-order valence-corrected chi connectivity index (χ2v) is 5.77. The first-order valence-corrected chi connectivity index (χ1v) is 7.37. The molecule has 2 aromatic heterocycles. The van der Waals surface area contributed by atoms with Crippen molar-refractivity contribution in [3.63, 3.8) is 0 Å². The van der Waals surface area contributed by atoms with Crippen molar-refractivity contribution in [3.05, 3.63) is 16.0 Å². The van der Waals surface area contributed by atoms with Crippen LogP contribution in [0.25, 0.3) is 5.52 Å². The summed E-state index contributed by atoms with van der Waals surface area (Å²) in [4.78, 5) is 4.17. The van der Waals surface area contributed by atoms with E-state index < -0.39 is 5.51 Å². The lowest BCUT2D eigenvalue weighted by Gasteiger charge is -2.04. The van der Waals surface area contributed by atoms with Crippen molar-refractivity contribution in [3.8, 4) is 0 Å². The molecule has 0 atom stereocenters. The van der Waals surface area contributed by atoms with Crippen LogP contribution in [0.1, 0.15) is 0 Å². The fourth-order valence-electron chi connectivity index (χ4n) is 1.26. The van der Waals surface area contributed by atoms with Gasteiger partial charge in [-0.2, -0.15) is 18.3 Å². The summed E-state index contributed by atoms with van der Waals surface area (Å²) in [7, 11) is 0. The first-order valence-electron chi connectivity index (χ1n) is 4.25. The summed E-state index contributed by atoms with van der Waals surface area (Å²) < 4.78 is 39.0. The van der Waals surface area contributed by atoms with Gasteiger partial charge < -0.3 is 0 Å². The zero-order chi connectivity index (χ0) is 12.6. The summed E-state index contributed by atoms with van der Waals surface area (Å²) in [5.41, 5.74) is -3.89. The zero-order valence-electron chi connectivity index (χ0n) is 8.32. The van der Waals surface area contributed by atoms with Crippen molar-refractivity contribution >= 4 is 51.6 Å². The molecule has 0 saturated carbocycles. The van der Waals surface area contributed by atoms with E-state index >= 15 is 0 Å². The van der Waals surface area contributed by atoms with Gasteiger partial charge in [0, 0.05) is 6.20 Å². The number of rotatable bonds is 2. The van der Waals surface area contributed by atoms with Crippen molar-refractivity contribution in [2.75, 3.05) is 6.26 Å². The summed E-state index contributed by atoms with van der Waals surface area (Å²) in [6.07, 6.45) is 3.28. The summed E-state index contributed by atoms with van der Waals surface area (Å²) in [6, 6.07) is 1.53. The molecule has 0 spiro atoms. The maximum Gasteiger partial charge on any atom is 0.446 e. The Morgan fingerprint density at radius 1 is 1.41 bits per heavy atom. The molecule has 0 unspecified atom stereocenters. The standard InChI is InChI=1S/C8H5F3IN3S2/c1-16-7-13-3-2-4-5(17-8(9,10)11)6(12)14-15(4)7/h2-3H,1H3. The molecule has 0 bridgehead atoms. The highest BCUT2D eigenvalue weighted by molar-refractivity contribution is 14.1. The highest BCUT2D eigenvalue weighted by Gasteiger charge is 2.32. The van der Waals surface area contributed by atoms with Gasteiger partial charge in [0.2, 0.25) is 0 Å². The monoisotopic (exact) mass is 391 g/mol. The van der Waals surface area contributed by atoms with Gasteiger partial charge in [0.05, 0.1) is 10.4 Å². The van der Waals surface area contributed by atoms with E-state index in [4.69, 9.17) is 0 Å². The molecule has 0 saturated heterocycles. The Morgan fingerprint density at radius 2 is 2.12 bits per heavy atom. The minimum atomic E-state index is -4.31. The maximum absolute atomic E-state index is 12.4. The van der Waals surface area contributed by atoms with Crippen molar-refractivity contribution in [2.24, 2.45) is 0 Å². The molecule has 0 amide bonds. The van der Waals surface area contributed by atoms with Gasteiger partial charge in [-0.3, -0.25) is 0 Å². The molecule has 0 aliphatic rings. The minimum absolute atomic E-state index is 0.121. The van der Waals surface area contributed by atoms with Gasteiger partial charge in [0.25, 0.3) is 0 Å². The van der Waals surface area contributed by atoms with E-state index in [-0.39, 0.29) is 16.7 Å². The third kappa shape index (κ3) is 2.81. The Labute approximate surface area is 117 Å². The number of alkyl halides is 3. The minimum Gasteiger partial charge on any atom is -0.231 e. The van der Waals surface area contributed by atoms with Crippen LogP contribution in [0.5, 0.6) is 0 Å². The molecular weight excluding hydrogens is 386 g/mol. The van der Waals surface area contributed by atoms with E-state index in [1.807, 2.05) is 0 Å². The van der Waals surface area contributed by atoms with Crippen molar-refractivity contribution < 1.29 is 13.2 Å². The van der Waals surface area contributed by atoms with Crippen molar-refractivity contribution in [2.45, 2.75) is 15.6 Å². The number of halogens is 4. The van der Waals surface area contributed by atoms with E-state index in [0.29, 0.717) is 14.4 Å². The third-order valence-corrected chi connectivity index (χ3v) is 4.44. The third-order valence-electron chi connectivity index (χ3n) is 1.83. The molecule has 17 heavy (non-hydrogen) atoms. The fraction of sp³-hybridized carbons (Fsp3) is 0.250. The van der Waals surface area contributed by atoms with E-state index in [1.165, 1.54) is 28.5 Å². The van der Waals surface area contributed by atoms with Gasteiger partial charge in [-0.15, -0.1) is 0 Å². The largest absolute Gasteiger partial charge is 0.446 e. The molecule has 0 radical (unpaired) electrons. The van der Waals surface area contributed by atoms with Crippen LogP contribution in [0.4, 0.5) is 13.2 Å². The molecule has 0 N–H and O–H groups in total. The number of hydrogen-bond donors (Lipinski definition) is 0. The van der Waals surface area contributed by atoms with Gasteiger partial charge in [-0.1, -0.05) is 11.8 Å². The summed E-state index contributed by atoms with van der Waals surface area (Å²) in [5, 5.41) is 4.63. The Kier molecular flexibility index (Phi) is 3.78. The Morgan fingerprint density at radius 3 is 2.71 bits per heavy atom. The van der Waals surface area contributed by atoms with Gasteiger partial charge >= 0.3 is 5.51 Å². The Balaban J connectivity index is 2.60. The molecule has 0 aliphatic heterocycles. The SMILES string of the molecule is CSc1nccc2c(SC(F)(F)F)c(I)nn12. The molecule has 2 aromatic rings. The Hall–Kier alpha value is -0.160. The molecule has 92 valence electrons. The van der Waals surface area contributed by atoms with Crippen LogP contribution in [-0.4, -0.2) is 26.4 Å². The molecule has 2 heterocycles. The molecule has 0 aliphatic carbocycles. The van der Waals surface area contributed by atoms with Crippen LogP contribution in [-0.2, 0) is 0 Å². The lowest BCUT2D eigenvalue weighted by atomic mass is 10.5. The first-order chi connectivity index (χ1) is 7.92. The van der Waals surface area contributed by atoms with Crippen molar-refractivity contribution in [1.29, 1.82) is 0 Å². The molecule has 2 rings (SSSR count). The van der Waals surface area contributed by atoms with Crippen LogP contribution in [0, 0.1) is 3.70 Å². The lowest BCUT2D eigenvalue weighted by molar-refractivity contribution is -0.0328. The van der Waals surface area contributed by atoms with Crippen LogP contribution in [0.15, 0.2) is 22.3 Å². The van der Waals surface area contributed by atoms with Gasteiger partial charge in [0.1, 0.15) is 3.70 Å². The van der Waals surface area contributed by atoms with Gasteiger partial charge in [-0.05, 0) is 46.7 Å². The maximum atomic E-state index is 12.4. The smallest absolute Gasteiger partial charge is 0.231 e. The van der Waals surface area contributed by atoms with Crippen LogP contribution in [0.2, 0.25) is 0 Å². The number of nitrogens with zero attached hydrogens (tertiary/aromatic N) is 3. The molecule has 0 aromatic carbocycles. The number of fused-ring (bicyclic) bond motifs is 1. The quantitative estimate of drug-likeness (QED) is 0.444. The highest BCUT2D eigenvalue weighted by Crippen LogP contribution is 2.41. The number of hydrogen-bond acceptors (Lipinski definition) is 4. The van der Waals surface area contributed by atoms with Crippen LogP contribution < -0.4 is 0 Å². The normalized spacial score (nSPS) is 12.3. The average molecular weight is 391 g/mol. The van der Waals surface area contributed by atoms with Gasteiger partial charge in [-0.25, -0.2) is 9.50 Å². The van der Waals surface area contributed by atoms with E-state index in [2.05, 4.69) is 10.1 Å². The van der Waals surface area contributed by atoms with Crippen molar-refractivity contribution in [1.82, 2.24) is 14.6 Å². The van der Waals surface area contributed by atoms with E-state index in [1.54, 1.807) is 28.8 Å². The summed E-state index contributed by atoms with van der Waals surface area (Å²) in [6.45, 7) is 0. The van der Waals surface area contributed by atoms with E-state index in [9.17, 15) is 13.2 Å². The van der Waals surface area contributed by atoms with Crippen LogP contribution in [0.3, 0.4) is 0 Å². The second-order valence-electron chi connectivity index (χ2n) is 2.90. The average Bonchev–Trinajstić information content (AvgIpc) is 2.53. The predicted octanol–water partition coefficient (Wildman–Crippen LogP) is 3.67. The van der Waals surface area contributed by atoms with Gasteiger partial charge in [0.15, 0.2) is 5.16 Å². The number of aromatic nitrogens is 3. The molecule has 0 fully saturated rings. The lowest BCUT2D eigenvalue weighted by Crippen LogP contribution is -1.99. The topological polar surface area (TPSA) is 30.2 Å². The fourth-order valence-corrected chi connectivity index (χ4v) is 3.17. The first kappa shape index (κ1) is 13.3. The molecule has 9 heteroatoms. The Bertz CT molecular complexity index is 555. The number of thioether (sulfide) groups is 2. The van der Waals surface area contributed by atoms with E-state index in [0.717, 1.165) is 0 Å². The molecular formula is C8H5F3IN3S2.